The second kappa shape index (κ2) is 6.32. The van der Waals surface area contributed by atoms with Crippen LogP contribution in [0.5, 0.6) is 0 Å². The highest BCUT2D eigenvalue weighted by Gasteiger charge is 2.23. The molecule has 2 aromatic heterocycles. The molecular weight excluding hydrogens is 320 g/mol. The molecule has 1 aliphatic carbocycles. The Bertz CT molecular complexity index is 865. The molecule has 2 aliphatic rings. The summed E-state index contributed by atoms with van der Waals surface area (Å²) >= 11 is 1.56. The summed E-state index contributed by atoms with van der Waals surface area (Å²) in [6.45, 7) is 4.24. The number of hydrogen-bond acceptors (Lipinski definition) is 6. The van der Waals surface area contributed by atoms with Gasteiger partial charge in [-0.1, -0.05) is 36.0 Å². The van der Waals surface area contributed by atoms with Crippen LogP contribution in [-0.2, 0) is 6.42 Å². The van der Waals surface area contributed by atoms with Gasteiger partial charge in [-0.3, -0.25) is 4.99 Å². The minimum atomic E-state index is 0.355. The van der Waals surface area contributed by atoms with E-state index in [9.17, 15) is 0 Å². The predicted octanol–water partition coefficient (Wildman–Crippen LogP) is 3.41. The van der Waals surface area contributed by atoms with Crippen LogP contribution in [0.3, 0.4) is 0 Å². The zero-order valence-corrected chi connectivity index (χ0v) is 14.6. The minimum Gasteiger partial charge on any atom is -0.357 e. The van der Waals surface area contributed by atoms with Gasteiger partial charge < -0.3 is 5.32 Å². The Labute approximate surface area is 144 Å². The van der Waals surface area contributed by atoms with Crippen molar-refractivity contribution in [3.05, 3.63) is 41.4 Å². The van der Waals surface area contributed by atoms with Gasteiger partial charge in [0.1, 0.15) is 0 Å². The van der Waals surface area contributed by atoms with E-state index in [1.807, 2.05) is 16.8 Å². The van der Waals surface area contributed by atoms with Crippen molar-refractivity contribution in [2.45, 2.75) is 39.2 Å². The first-order valence-electron chi connectivity index (χ1n) is 8.25. The van der Waals surface area contributed by atoms with Crippen molar-refractivity contribution in [1.29, 1.82) is 0 Å². The number of rotatable bonds is 5. The number of aromatic nitrogens is 4. The van der Waals surface area contributed by atoms with E-state index in [0.29, 0.717) is 12.0 Å². The van der Waals surface area contributed by atoms with Crippen LogP contribution < -0.4 is 5.32 Å². The van der Waals surface area contributed by atoms with Crippen LogP contribution in [0.1, 0.15) is 32.5 Å². The third-order valence-corrected chi connectivity index (χ3v) is 4.94. The first kappa shape index (κ1) is 15.3. The fourth-order valence-electron chi connectivity index (χ4n) is 2.52. The zero-order valence-electron chi connectivity index (χ0n) is 13.8. The lowest BCUT2D eigenvalue weighted by Gasteiger charge is -2.09. The van der Waals surface area contributed by atoms with E-state index < -0.39 is 0 Å². The van der Waals surface area contributed by atoms with Crippen LogP contribution in [0.4, 0.5) is 5.13 Å². The molecule has 124 valence electrons. The van der Waals surface area contributed by atoms with Gasteiger partial charge in [-0.2, -0.15) is 4.52 Å². The molecule has 1 saturated carbocycles. The second-order valence-corrected chi connectivity index (χ2v) is 7.33. The number of fused-ring (bicyclic) bond motifs is 1. The lowest BCUT2D eigenvalue weighted by Crippen LogP contribution is -2.02. The van der Waals surface area contributed by atoms with Crippen LogP contribution in [0, 0.1) is 5.92 Å². The van der Waals surface area contributed by atoms with Crippen molar-refractivity contribution in [2.75, 3.05) is 5.32 Å². The molecule has 7 heteroatoms. The Morgan fingerprint density at radius 1 is 1.42 bits per heavy atom. The average molecular weight is 340 g/mol. The van der Waals surface area contributed by atoms with Crippen molar-refractivity contribution in [3.63, 3.8) is 0 Å². The molecule has 0 aromatic carbocycles. The van der Waals surface area contributed by atoms with Gasteiger partial charge in [0.15, 0.2) is 5.82 Å². The number of nitrogens with zero attached hydrogens (tertiary/aromatic N) is 5. The molecule has 0 spiro atoms. The highest BCUT2D eigenvalue weighted by molar-refractivity contribution is 7.20. The molecule has 2 aromatic rings. The maximum Gasteiger partial charge on any atom is 0.236 e. The van der Waals surface area contributed by atoms with Crippen LogP contribution in [-0.4, -0.2) is 32.1 Å². The molecule has 1 atom stereocenters. The van der Waals surface area contributed by atoms with Crippen molar-refractivity contribution in [2.24, 2.45) is 10.9 Å². The maximum absolute atomic E-state index is 4.59. The van der Waals surface area contributed by atoms with Gasteiger partial charge >= 0.3 is 0 Å². The molecule has 0 amide bonds. The molecule has 3 heterocycles. The molecule has 4 rings (SSSR count). The second-order valence-electron chi connectivity index (χ2n) is 6.37. The highest BCUT2D eigenvalue weighted by atomic mass is 32.1. The van der Waals surface area contributed by atoms with Gasteiger partial charge in [0.05, 0.1) is 0 Å². The lowest BCUT2D eigenvalue weighted by molar-refractivity contribution is 0.836. The van der Waals surface area contributed by atoms with Gasteiger partial charge in [-0.25, -0.2) is 0 Å². The number of allylic oxidation sites excluding steroid dienone is 5. The topological polar surface area (TPSA) is 67.5 Å². The summed E-state index contributed by atoms with van der Waals surface area (Å²) in [5, 5.41) is 17.5. The smallest absolute Gasteiger partial charge is 0.236 e. The first-order chi connectivity index (χ1) is 11.7. The average Bonchev–Trinajstić information content (AvgIpc) is 3.17. The third kappa shape index (κ3) is 3.31. The Balaban J connectivity index is 1.49. The summed E-state index contributed by atoms with van der Waals surface area (Å²) in [7, 11) is 0. The summed E-state index contributed by atoms with van der Waals surface area (Å²) in [6, 6.07) is 0.595. The van der Waals surface area contributed by atoms with Gasteiger partial charge in [0.25, 0.3) is 0 Å². The first-order valence-corrected chi connectivity index (χ1v) is 9.06. The van der Waals surface area contributed by atoms with E-state index in [0.717, 1.165) is 28.0 Å². The van der Waals surface area contributed by atoms with Crippen LogP contribution >= 0.6 is 11.3 Å². The zero-order chi connectivity index (χ0) is 16.5. The molecule has 0 bridgehead atoms. The summed E-state index contributed by atoms with van der Waals surface area (Å²) in [4.78, 5) is 5.26. The SMILES string of the molecule is C/C(=C\C=C1\N=CC=CC1C)Cc1nnc2sc(NC3CC3)nn12. The van der Waals surface area contributed by atoms with Crippen molar-refractivity contribution >= 4 is 27.6 Å². The summed E-state index contributed by atoms with van der Waals surface area (Å²) < 4.78 is 1.85. The van der Waals surface area contributed by atoms with Gasteiger partial charge in [0.2, 0.25) is 10.1 Å². The predicted molar refractivity (Wildman–Crippen MR) is 97.6 cm³/mol. The van der Waals surface area contributed by atoms with E-state index in [-0.39, 0.29) is 0 Å². The minimum absolute atomic E-state index is 0.355. The Hall–Kier alpha value is -2.28. The third-order valence-electron chi connectivity index (χ3n) is 4.11. The standard InChI is InChI=1S/C17H20N6S/c1-11(5-8-14-12(2)4-3-9-18-14)10-15-20-21-17-23(15)22-16(24-17)19-13-6-7-13/h3-5,8-9,12-13H,6-7,10H2,1-2H3,(H,19,22)/b11-5+,14-8+. The molecule has 1 N–H and O–H groups in total. The number of anilines is 1. The quantitative estimate of drug-likeness (QED) is 0.906. The van der Waals surface area contributed by atoms with Crippen LogP contribution in [0.15, 0.2) is 40.6 Å². The molecule has 1 aliphatic heterocycles. The Morgan fingerprint density at radius 3 is 3.08 bits per heavy atom. The van der Waals surface area contributed by atoms with Gasteiger partial charge in [-0.05, 0) is 31.9 Å². The monoisotopic (exact) mass is 340 g/mol. The molecule has 0 radical (unpaired) electrons. The van der Waals surface area contributed by atoms with Gasteiger partial charge in [0, 0.05) is 30.3 Å². The maximum atomic E-state index is 4.59. The number of dihydropyridines is 1. The van der Waals surface area contributed by atoms with Crippen molar-refractivity contribution in [3.8, 4) is 0 Å². The number of nitrogens with one attached hydrogen (secondary N) is 1. The Morgan fingerprint density at radius 2 is 2.29 bits per heavy atom. The molecule has 1 unspecified atom stereocenters. The van der Waals surface area contributed by atoms with Gasteiger partial charge in [-0.15, -0.1) is 15.3 Å². The molecule has 24 heavy (non-hydrogen) atoms. The van der Waals surface area contributed by atoms with E-state index in [4.69, 9.17) is 0 Å². The van der Waals surface area contributed by atoms with Crippen molar-refractivity contribution < 1.29 is 0 Å². The summed E-state index contributed by atoms with van der Waals surface area (Å²) in [6.07, 6.45) is 13.4. The van der Waals surface area contributed by atoms with E-state index in [2.05, 4.69) is 57.7 Å². The van der Waals surface area contributed by atoms with E-state index >= 15 is 0 Å². The molecular formula is C17H20N6S. The summed E-state index contributed by atoms with van der Waals surface area (Å²) in [5.41, 5.74) is 2.28. The summed E-state index contributed by atoms with van der Waals surface area (Å²) in [5.74, 6) is 1.23. The Kier molecular flexibility index (Phi) is 4.02. The lowest BCUT2D eigenvalue weighted by atomic mass is 10.0. The fourth-order valence-corrected chi connectivity index (χ4v) is 3.36. The highest BCUT2D eigenvalue weighted by Crippen LogP contribution is 2.27. The fraction of sp³-hybridized carbons (Fsp3) is 0.412. The number of hydrogen-bond donors (Lipinski definition) is 1. The van der Waals surface area contributed by atoms with Crippen molar-refractivity contribution in [1.82, 2.24) is 19.8 Å². The molecule has 0 saturated heterocycles. The van der Waals surface area contributed by atoms with Crippen LogP contribution in [0.2, 0.25) is 0 Å². The molecule has 6 nitrogen and oxygen atoms in total. The van der Waals surface area contributed by atoms with Crippen LogP contribution in [0.25, 0.3) is 4.96 Å². The number of aliphatic imine (C=N–C) groups is 1. The van der Waals surface area contributed by atoms with E-state index in [1.165, 1.54) is 18.4 Å². The normalized spacial score (nSPS) is 22.7. The molecule has 1 fully saturated rings. The van der Waals surface area contributed by atoms with E-state index in [1.54, 1.807) is 11.3 Å². The largest absolute Gasteiger partial charge is 0.357 e.